The highest BCUT2D eigenvalue weighted by Crippen LogP contribution is 2.39. The van der Waals surface area contributed by atoms with Gasteiger partial charge in [-0.2, -0.15) is 5.10 Å². The van der Waals surface area contributed by atoms with Gasteiger partial charge in [0.15, 0.2) is 5.69 Å². The Morgan fingerprint density at radius 1 is 1.07 bits per heavy atom. The summed E-state index contributed by atoms with van der Waals surface area (Å²) >= 11 is 1.17. The van der Waals surface area contributed by atoms with E-state index in [0.717, 1.165) is 35.2 Å². The highest BCUT2D eigenvalue weighted by Gasteiger charge is 2.29. The average molecular weight is 605 g/mol. The number of carboxylic acids is 1. The summed E-state index contributed by atoms with van der Waals surface area (Å²) in [5.74, 6) is -1.75. The summed E-state index contributed by atoms with van der Waals surface area (Å²) in [5, 5.41) is 21.7. The first kappa shape index (κ1) is 28.1. The number of nitrogens with two attached hydrogens (primary N) is 1. The van der Waals surface area contributed by atoms with Gasteiger partial charge >= 0.3 is 5.97 Å². The SMILES string of the molecule is Cc1ccc(-c2cc(-c3nn(-c4nc(C(=O)O)cs4)c(CC4CC4)c3Cc3ccc(S(N)=O)c(F)c3)ccc2F)cc1. The Morgan fingerprint density at radius 3 is 2.45 bits per heavy atom. The zero-order chi connectivity index (χ0) is 29.5. The quantitative estimate of drug-likeness (QED) is 0.200. The van der Waals surface area contributed by atoms with Crippen LogP contribution in [0.4, 0.5) is 8.78 Å². The van der Waals surface area contributed by atoms with Crippen molar-refractivity contribution in [2.45, 2.75) is 37.5 Å². The minimum absolute atomic E-state index is 0.0816. The lowest BCUT2D eigenvalue weighted by Gasteiger charge is -2.11. The van der Waals surface area contributed by atoms with E-state index in [9.17, 15) is 18.5 Å². The Bertz CT molecular complexity index is 1850. The molecule has 1 saturated carbocycles. The average Bonchev–Trinajstić information content (AvgIpc) is 3.52. The molecule has 5 aromatic rings. The molecule has 42 heavy (non-hydrogen) atoms. The number of rotatable bonds is 9. The lowest BCUT2D eigenvalue weighted by Crippen LogP contribution is -2.07. The number of hydrogen-bond acceptors (Lipinski definition) is 5. The minimum atomic E-state index is -1.96. The molecule has 3 aromatic carbocycles. The third-order valence-corrected chi connectivity index (χ3v) is 8.94. The summed E-state index contributed by atoms with van der Waals surface area (Å²) in [6.45, 7) is 1.96. The number of aryl methyl sites for hydroxylation is 1. The van der Waals surface area contributed by atoms with Crippen molar-refractivity contribution in [2.75, 3.05) is 0 Å². The molecule has 1 atom stereocenters. The lowest BCUT2D eigenvalue weighted by atomic mass is 9.94. The molecule has 1 unspecified atom stereocenters. The Labute approximate surface area is 247 Å². The first-order valence-electron chi connectivity index (χ1n) is 13.3. The first-order chi connectivity index (χ1) is 20.2. The van der Waals surface area contributed by atoms with Crippen molar-refractivity contribution < 1.29 is 22.9 Å². The van der Waals surface area contributed by atoms with E-state index in [0.29, 0.717) is 39.9 Å². The first-order valence-corrected chi connectivity index (χ1v) is 15.4. The van der Waals surface area contributed by atoms with Gasteiger partial charge in [-0.15, -0.1) is 11.3 Å². The second-order valence-electron chi connectivity index (χ2n) is 10.5. The molecule has 2 heterocycles. The molecule has 7 nitrogen and oxygen atoms in total. The van der Waals surface area contributed by atoms with Gasteiger partial charge in [0.2, 0.25) is 5.13 Å². The second kappa shape index (κ2) is 11.3. The van der Waals surface area contributed by atoms with E-state index in [2.05, 4.69) is 4.98 Å². The van der Waals surface area contributed by atoms with E-state index in [-0.39, 0.29) is 22.8 Å². The summed E-state index contributed by atoms with van der Waals surface area (Å²) in [6.07, 6.45) is 3.06. The van der Waals surface area contributed by atoms with Crippen LogP contribution < -0.4 is 5.14 Å². The van der Waals surface area contributed by atoms with Crippen molar-refractivity contribution in [1.29, 1.82) is 0 Å². The molecule has 11 heteroatoms. The standard InChI is InChI=1S/C31H26F2N4O3S2/c1-17-2-7-20(8-3-17)22-15-21(9-10-24(22)32)29-23(12-19-6-11-28(42(34)40)25(33)13-19)27(14-18-4-5-18)37(36-29)31-35-26(16-41-31)30(38)39/h2-3,6-11,13,15-16,18H,4-5,12,14,34H2,1H3,(H,38,39). The van der Waals surface area contributed by atoms with Crippen LogP contribution in [0.3, 0.4) is 0 Å². The number of carbonyl (C=O) groups is 1. The Hall–Kier alpha value is -4.06. The van der Waals surface area contributed by atoms with Gasteiger partial charge in [0, 0.05) is 28.5 Å². The molecule has 0 bridgehead atoms. The van der Waals surface area contributed by atoms with Crippen LogP contribution in [0, 0.1) is 24.5 Å². The van der Waals surface area contributed by atoms with Crippen LogP contribution in [-0.4, -0.2) is 30.0 Å². The highest BCUT2D eigenvalue weighted by atomic mass is 32.2. The molecule has 0 spiro atoms. The van der Waals surface area contributed by atoms with E-state index >= 15 is 4.39 Å². The smallest absolute Gasteiger partial charge is 0.355 e. The molecule has 214 valence electrons. The van der Waals surface area contributed by atoms with E-state index in [4.69, 9.17) is 10.2 Å². The zero-order valence-corrected chi connectivity index (χ0v) is 24.1. The number of aromatic carboxylic acids is 1. The largest absolute Gasteiger partial charge is 0.476 e. The number of hydrogen-bond donors (Lipinski definition) is 2. The van der Waals surface area contributed by atoms with Gasteiger partial charge in [-0.05, 0) is 73.6 Å². The fraction of sp³-hybridized carbons (Fsp3) is 0.194. The van der Waals surface area contributed by atoms with Crippen molar-refractivity contribution in [3.8, 4) is 27.5 Å². The van der Waals surface area contributed by atoms with Crippen molar-refractivity contribution >= 4 is 28.3 Å². The Balaban J connectivity index is 1.54. The van der Waals surface area contributed by atoms with Crippen molar-refractivity contribution in [2.24, 2.45) is 11.1 Å². The summed E-state index contributed by atoms with van der Waals surface area (Å²) < 4.78 is 43.3. The number of nitrogens with zero attached hydrogens (tertiary/aromatic N) is 3. The Morgan fingerprint density at radius 2 is 1.81 bits per heavy atom. The highest BCUT2D eigenvalue weighted by molar-refractivity contribution is 7.82. The van der Waals surface area contributed by atoms with E-state index in [1.807, 2.05) is 31.2 Å². The van der Waals surface area contributed by atoms with E-state index in [1.165, 1.54) is 34.9 Å². The molecule has 2 aromatic heterocycles. The van der Waals surface area contributed by atoms with Gasteiger partial charge in [-0.3, -0.25) is 0 Å². The van der Waals surface area contributed by atoms with Gasteiger partial charge in [-0.25, -0.2) is 32.6 Å². The molecule has 1 fully saturated rings. The number of thiazole rings is 1. The van der Waals surface area contributed by atoms with Crippen LogP contribution in [0.15, 0.2) is 70.9 Å². The fourth-order valence-corrected chi connectivity index (χ4v) is 6.20. The predicted octanol–water partition coefficient (Wildman–Crippen LogP) is 6.47. The fourth-order valence-electron chi connectivity index (χ4n) is 4.97. The number of benzene rings is 3. The van der Waals surface area contributed by atoms with Crippen LogP contribution >= 0.6 is 11.3 Å². The zero-order valence-electron chi connectivity index (χ0n) is 22.5. The minimum Gasteiger partial charge on any atom is -0.476 e. The van der Waals surface area contributed by atoms with E-state index < -0.39 is 22.8 Å². The summed E-state index contributed by atoms with van der Waals surface area (Å²) in [6, 6.07) is 16.8. The van der Waals surface area contributed by atoms with Crippen molar-refractivity contribution in [3.63, 3.8) is 0 Å². The molecule has 1 aliphatic rings. The number of halogens is 2. The Kier molecular flexibility index (Phi) is 7.56. The lowest BCUT2D eigenvalue weighted by molar-refractivity contribution is 0.0691. The molecule has 1 aliphatic carbocycles. The molecule has 3 N–H and O–H groups in total. The van der Waals surface area contributed by atoms with Gasteiger partial charge in [-0.1, -0.05) is 35.9 Å². The normalized spacial score (nSPS) is 13.8. The maximum absolute atomic E-state index is 15.1. The molecule has 6 rings (SSSR count). The van der Waals surface area contributed by atoms with Crippen LogP contribution in [0.2, 0.25) is 0 Å². The van der Waals surface area contributed by atoms with Crippen LogP contribution in [-0.2, 0) is 23.8 Å². The summed E-state index contributed by atoms with van der Waals surface area (Å²) in [7, 11) is -1.96. The topological polar surface area (TPSA) is 111 Å². The maximum atomic E-state index is 15.1. The summed E-state index contributed by atoms with van der Waals surface area (Å²) in [4.78, 5) is 15.8. The van der Waals surface area contributed by atoms with Crippen LogP contribution in [0.25, 0.3) is 27.5 Å². The molecule has 0 amide bonds. The monoisotopic (exact) mass is 604 g/mol. The predicted molar refractivity (Wildman–Crippen MR) is 158 cm³/mol. The van der Waals surface area contributed by atoms with Crippen LogP contribution in [0.1, 0.15) is 45.7 Å². The number of carboxylic acid groups (broad SMARTS) is 1. The second-order valence-corrected chi connectivity index (χ2v) is 12.3. The van der Waals surface area contributed by atoms with Gasteiger partial charge < -0.3 is 5.11 Å². The molecule has 0 radical (unpaired) electrons. The van der Waals surface area contributed by atoms with Gasteiger partial charge in [0.25, 0.3) is 0 Å². The van der Waals surface area contributed by atoms with Crippen molar-refractivity contribution in [1.82, 2.24) is 14.8 Å². The summed E-state index contributed by atoms with van der Waals surface area (Å²) in [5.41, 5.74) is 5.60. The third kappa shape index (κ3) is 5.67. The molecule has 0 aliphatic heterocycles. The number of aromatic nitrogens is 3. The van der Waals surface area contributed by atoms with Gasteiger partial charge in [0.05, 0.1) is 16.3 Å². The van der Waals surface area contributed by atoms with E-state index in [1.54, 1.807) is 22.9 Å². The maximum Gasteiger partial charge on any atom is 0.355 e. The molecular formula is C31H26F2N4O3S2. The molecule has 0 saturated heterocycles. The molecular weight excluding hydrogens is 578 g/mol. The van der Waals surface area contributed by atoms with Gasteiger partial charge in [0.1, 0.15) is 22.6 Å². The van der Waals surface area contributed by atoms with Crippen molar-refractivity contribution in [3.05, 3.63) is 106 Å². The third-order valence-electron chi connectivity index (χ3n) is 7.36. The van der Waals surface area contributed by atoms with Crippen LogP contribution in [0.5, 0.6) is 0 Å².